The molecule has 0 amide bonds. The minimum absolute atomic E-state index is 0.0562. The third kappa shape index (κ3) is 4.60. The summed E-state index contributed by atoms with van der Waals surface area (Å²) in [5.41, 5.74) is 1.27. The number of alkyl halides is 3. The largest absolute Gasteiger partial charge is 0.356 e. The van der Waals surface area contributed by atoms with Crippen LogP contribution in [0.15, 0.2) is 46.3 Å². The van der Waals surface area contributed by atoms with Crippen LogP contribution < -0.4 is 5.32 Å². The Labute approximate surface area is 181 Å². The van der Waals surface area contributed by atoms with Gasteiger partial charge in [0.25, 0.3) is 0 Å². The Hall–Kier alpha value is -1.77. The molecule has 0 saturated carbocycles. The van der Waals surface area contributed by atoms with Crippen molar-refractivity contribution in [1.29, 1.82) is 0 Å². The SMILES string of the molecule is Cc1cc(F)c2cc1SCC(F)(F)NC1(F)CCN(CC1)/C(c1ccc(Cl)cc1)=N\2. The highest BCUT2D eigenvalue weighted by Gasteiger charge is 2.44. The van der Waals surface area contributed by atoms with Crippen LogP contribution in [-0.4, -0.2) is 41.4 Å². The minimum Gasteiger partial charge on any atom is -0.356 e. The van der Waals surface area contributed by atoms with Crippen LogP contribution in [0.2, 0.25) is 5.02 Å². The molecule has 160 valence electrons. The maximum Gasteiger partial charge on any atom is 0.314 e. The van der Waals surface area contributed by atoms with E-state index in [-0.39, 0.29) is 31.6 Å². The van der Waals surface area contributed by atoms with Crippen molar-refractivity contribution in [2.45, 2.75) is 36.5 Å². The fraction of sp³-hybridized carbons (Fsp3) is 0.381. The summed E-state index contributed by atoms with van der Waals surface area (Å²) in [5.74, 6) is -2.93. The van der Waals surface area contributed by atoms with Crippen molar-refractivity contribution in [3.63, 3.8) is 0 Å². The van der Waals surface area contributed by atoms with Crippen LogP contribution in [0.25, 0.3) is 0 Å². The van der Waals surface area contributed by atoms with E-state index in [1.807, 2.05) is 5.32 Å². The predicted molar refractivity (Wildman–Crippen MR) is 112 cm³/mol. The first-order valence-electron chi connectivity index (χ1n) is 9.53. The molecule has 3 nitrogen and oxygen atoms in total. The van der Waals surface area contributed by atoms with E-state index >= 15 is 4.39 Å². The fourth-order valence-electron chi connectivity index (χ4n) is 3.64. The quantitative estimate of drug-likeness (QED) is 0.426. The number of benzene rings is 2. The predicted octanol–water partition coefficient (Wildman–Crippen LogP) is 5.92. The lowest BCUT2D eigenvalue weighted by atomic mass is 10.0. The van der Waals surface area contributed by atoms with Crippen molar-refractivity contribution in [3.8, 4) is 0 Å². The molecule has 0 atom stereocenters. The van der Waals surface area contributed by atoms with Crippen molar-refractivity contribution in [2.24, 2.45) is 4.99 Å². The normalized spacial score (nSPS) is 22.5. The van der Waals surface area contributed by atoms with E-state index in [9.17, 15) is 13.2 Å². The molecule has 1 fully saturated rings. The molecule has 2 aromatic rings. The molecule has 1 N–H and O–H groups in total. The van der Waals surface area contributed by atoms with Crippen molar-refractivity contribution < 1.29 is 17.6 Å². The maximum absolute atomic E-state index is 15.1. The Kier molecular flexibility index (Phi) is 5.76. The average Bonchev–Trinajstić information content (AvgIpc) is 2.68. The zero-order chi connectivity index (χ0) is 21.5. The van der Waals surface area contributed by atoms with Crippen molar-refractivity contribution in [3.05, 3.63) is 58.4 Å². The molecule has 0 unspecified atom stereocenters. The van der Waals surface area contributed by atoms with Crippen molar-refractivity contribution >= 4 is 34.9 Å². The number of nitrogens with zero attached hydrogens (tertiary/aromatic N) is 2. The molecule has 3 aliphatic heterocycles. The number of thioether (sulfide) groups is 1. The molecule has 5 rings (SSSR count). The van der Waals surface area contributed by atoms with Crippen LogP contribution in [0.1, 0.15) is 24.0 Å². The summed E-state index contributed by atoms with van der Waals surface area (Å²) in [7, 11) is 0. The Morgan fingerprint density at radius 1 is 1.10 bits per heavy atom. The Morgan fingerprint density at radius 3 is 2.43 bits per heavy atom. The second-order valence-electron chi connectivity index (χ2n) is 7.58. The van der Waals surface area contributed by atoms with Crippen LogP contribution in [0, 0.1) is 12.7 Å². The molecule has 0 aromatic heterocycles. The molecule has 0 aliphatic carbocycles. The number of aryl methyl sites for hydroxylation is 1. The highest BCUT2D eigenvalue weighted by Crippen LogP contribution is 2.36. The number of amidine groups is 1. The zero-order valence-electron chi connectivity index (χ0n) is 16.2. The molecule has 2 aromatic carbocycles. The van der Waals surface area contributed by atoms with E-state index in [0.29, 0.717) is 26.9 Å². The molecule has 4 bridgehead atoms. The molecular formula is C21H20ClF4N3S. The first-order chi connectivity index (χ1) is 14.1. The van der Waals surface area contributed by atoms with Gasteiger partial charge in [-0.05, 0) is 48.9 Å². The Morgan fingerprint density at radius 2 is 1.77 bits per heavy atom. The van der Waals surface area contributed by atoms with Gasteiger partial charge in [0.05, 0.1) is 5.75 Å². The number of aliphatic imine (C=N–C) groups is 1. The van der Waals surface area contributed by atoms with Crippen molar-refractivity contribution in [1.82, 2.24) is 10.2 Å². The summed E-state index contributed by atoms with van der Waals surface area (Å²) in [4.78, 5) is 6.82. The Bertz CT molecular complexity index is 973. The number of rotatable bonds is 1. The highest BCUT2D eigenvalue weighted by atomic mass is 35.5. The molecule has 3 aliphatic rings. The zero-order valence-corrected chi connectivity index (χ0v) is 17.8. The number of hydrogen-bond donors (Lipinski definition) is 1. The number of piperidine rings is 1. The molecule has 3 heterocycles. The maximum atomic E-state index is 15.1. The van der Waals surface area contributed by atoms with Gasteiger partial charge in [-0.15, -0.1) is 11.8 Å². The number of nitrogens with one attached hydrogen (secondary N) is 1. The third-order valence-electron chi connectivity index (χ3n) is 5.24. The highest BCUT2D eigenvalue weighted by molar-refractivity contribution is 7.99. The number of hydrogen-bond acceptors (Lipinski definition) is 4. The lowest BCUT2D eigenvalue weighted by Crippen LogP contribution is -2.58. The summed E-state index contributed by atoms with van der Waals surface area (Å²) in [6, 6.07) is 6.25. The molecule has 9 heteroatoms. The number of fused-ring (bicyclic) bond motifs is 5. The second kappa shape index (κ2) is 8.05. The van der Waals surface area contributed by atoms with Gasteiger partial charge in [0.15, 0.2) is 5.79 Å². The van der Waals surface area contributed by atoms with Crippen LogP contribution in [0.3, 0.4) is 0 Å². The van der Waals surface area contributed by atoms with Gasteiger partial charge in [-0.25, -0.2) is 19.1 Å². The lowest BCUT2D eigenvalue weighted by Gasteiger charge is -2.40. The number of halogens is 5. The molecule has 0 spiro atoms. The molecule has 30 heavy (non-hydrogen) atoms. The van der Waals surface area contributed by atoms with Crippen molar-refractivity contribution in [2.75, 3.05) is 18.8 Å². The topological polar surface area (TPSA) is 27.6 Å². The summed E-state index contributed by atoms with van der Waals surface area (Å²) >= 11 is 6.84. The van der Waals surface area contributed by atoms with E-state index < -0.39 is 23.4 Å². The smallest absolute Gasteiger partial charge is 0.314 e. The minimum atomic E-state index is -3.41. The van der Waals surface area contributed by atoms with Crippen LogP contribution in [0.5, 0.6) is 0 Å². The summed E-state index contributed by atoms with van der Waals surface area (Å²) < 4.78 is 58.7. The lowest BCUT2D eigenvalue weighted by molar-refractivity contribution is -0.0921. The Balaban J connectivity index is 1.84. The van der Waals surface area contributed by atoms with Gasteiger partial charge < -0.3 is 4.90 Å². The van der Waals surface area contributed by atoms with Gasteiger partial charge in [-0.2, -0.15) is 8.78 Å². The van der Waals surface area contributed by atoms with E-state index in [1.54, 1.807) is 36.1 Å². The standard InChI is InChI=1S/C21H20ClF4N3S/c1-13-10-16(23)17-11-18(13)30-12-21(25,26)28-20(24)6-8-29(9-7-20)19(27-17)14-2-4-15(22)5-3-14/h2-5,10-11,28H,6-9,12H2,1H3/b27-19-. The first-order valence-corrected chi connectivity index (χ1v) is 10.9. The van der Waals surface area contributed by atoms with E-state index in [1.165, 1.54) is 12.1 Å². The summed E-state index contributed by atoms with van der Waals surface area (Å²) in [5, 5.41) is 2.46. The molecule has 0 radical (unpaired) electrons. The van der Waals surface area contributed by atoms with E-state index in [0.717, 1.165) is 11.8 Å². The third-order valence-corrected chi connectivity index (χ3v) is 6.75. The van der Waals surface area contributed by atoms with Crippen LogP contribution >= 0.6 is 23.4 Å². The molecular weight excluding hydrogens is 438 g/mol. The van der Waals surface area contributed by atoms with Gasteiger partial charge >= 0.3 is 6.05 Å². The van der Waals surface area contributed by atoms with Gasteiger partial charge in [0.2, 0.25) is 0 Å². The second-order valence-corrected chi connectivity index (χ2v) is 9.04. The monoisotopic (exact) mass is 457 g/mol. The molecule has 1 saturated heterocycles. The van der Waals surface area contributed by atoms with Gasteiger partial charge in [-0.3, -0.25) is 0 Å². The van der Waals surface area contributed by atoms with E-state index in [4.69, 9.17) is 11.6 Å². The fourth-order valence-corrected chi connectivity index (χ4v) is 4.66. The summed E-state index contributed by atoms with van der Waals surface area (Å²) in [6.07, 6.45) is -0.280. The van der Waals surface area contributed by atoms with Gasteiger partial charge in [0, 0.05) is 41.4 Å². The van der Waals surface area contributed by atoms with Gasteiger partial charge in [-0.1, -0.05) is 11.6 Å². The van der Waals surface area contributed by atoms with E-state index in [2.05, 4.69) is 4.99 Å². The summed E-state index contributed by atoms with van der Waals surface area (Å²) in [6.45, 7) is 1.97. The van der Waals surface area contributed by atoms with Gasteiger partial charge in [0.1, 0.15) is 17.3 Å². The van der Waals surface area contributed by atoms with Crippen LogP contribution in [0.4, 0.5) is 23.2 Å². The van der Waals surface area contributed by atoms with Crippen LogP contribution in [-0.2, 0) is 0 Å². The first kappa shape index (κ1) is 21.5. The average molecular weight is 458 g/mol.